The van der Waals surface area contributed by atoms with Crippen LogP contribution in [0.4, 0.5) is 5.69 Å². The molecule has 14 heavy (non-hydrogen) atoms. The summed E-state index contributed by atoms with van der Waals surface area (Å²) in [6, 6.07) is 4.27. The van der Waals surface area contributed by atoms with Gasteiger partial charge in [0.1, 0.15) is 11.3 Å². The van der Waals surface area contributed by atoms with Crippen LogP contribution in [0.15, 0.2) is 18.2 Å². The molecule has 0 radical (unpaired) electrons. The van der Waals surface area contributed by atoms with E-state index < -0.39 is 4.92 Å². The van der Waals surface area contributed by atoms with Crippen molar-refractivity contribution >= 4 is 11.5 Å². The number of hydrogen-bond donors (Lipinski definition) is 0. The summed E-state index contributed by atoms with van der Waals surface area (Å²) >= 11 is 0. The Morgan fingerprint density at radius 3 is 2.57 bits per heavy atom. The van der Waals surface area contributed by atoms with Gasteiger partial charge < -0.3 is 4.74 Å². The number of ketones is 1. The van der Waals surface area contributed by atoms with Gasteiger partial charge >= 0.3 is 0 Å². The zero-order valence-electron chi connectivity index (χ0n) is 7.81. The first-order valence-corrected chi connectivity index (χ1v) is 3.90. The van der Waals surface area contributed by atoms with Crippen molar-refractivity contribution in [2.24, 2.45) is 0 Å². The summed E-state index contributed by atoms with van der Waals surface area (Å²) in [5.41, 5.74) is -0.211. The number of ether oxygens (including phenoxy) is 1. The highest BCUT2D eigenvalue weighted by atomic mass is 16.6. The van der Waals surface area contributed by atoms with E-state index in [2.05, 4.69) is 0 Å². The molecule has 0 aliphatic carbocycles. The minimum Gasteiger partial charge on any atom is -0.496 e. The van der Waals surface area contributed by atoms with Crippen LogP contribution in [0.2, 0.25) is 0 Å². The molecular formula is C9H9NO4. The van der Waals surface area contributed by atoms with Crippen LogP contribution in [-0.4, -0.2) is 17.8 Å². The van der Waals surface area contributed by atoms with Crippen molar-refractivity contribution in [1.29, 1.82) is 0 Å². The Balaban J connectivity index is 3.43. The Morgan fingerprint density at radius 2 is 2.14 bits per heavy atom. The van der Waals surface area contributed by atoms with Crippen molar-refractivity contribution in [3.05, 3.63) is 33.9 Å². The minimum atomic E-state index is -0.598. The largest absolute Gasteiger partial charge is 0.496 e. The van der Waals surface area contributed by atoms with Crippen LogP contribution in [0.3, 0.4) is 0 Å². The Bertz CT molecular complexity index is 386. The van der Waals surface area contributed by atoms with Gasteiger partial charge in [-0.2, -0.15) is 0 Å². The minimum absolute atomic E-state index is 0.0139. The second-order valence-corrected chi connectivity index (χ2v) is 2.67. The molecule has 0 aromatic heterocycles. The van der Waals surface area contributed by atoms with Gasteiger partial charge in [-0.1, -0.05) is 6.07 Å². The third-order valence-electron chi connectivity index (χ3n) is 1.77. The third kappa shape index (κ3) is 1.71. The summed E-state index contributed by atoms with van der Waals surface area (Å²) in [5.74, 6) is -0.152. The van der Waals surface area contributed by atoms with Crippen LogP contribution in [0.25, 0.3) is 0 Å². The zero-order chi connectivity index (χ0) is 10.7. The average molecular weight is 195 g/mol. The predicted octanol–water partition coefficient (Wildman–Crippen LogP) is 1.81. The number of nitrogens with zero attached hydrogens (tertiary/aromatic N) is 1. The number of carbonyl (C=O) groups is 1. The molecule has 0 saturated carbocycles. The lowest BCUT2D eigenvalue weighted by atomic mass is 10.1. The predicted molar refractivity (Wildman–Crippen MR) is 49.7 cm³/mol. The van der Waals surface area contributed by atoms with E-state index >= 15 is 0 Å². The van der Waals surface area contributed by atoms with Gasteiger partial charge in [0, 0.05) is 6.07 Å². The molecule has 0 atom stereocenters. The molecule has 0 N–H and O–H groups in total. The summed E-state index contributed by atoms with van der Waals surface area (Å²) < 4.78 is 4.87. The maximum absolute atomic E-state index is 11.2. The second kappa shape index (κ2) is 3.87. The van der Waals surface area contributed by atoms with Crippen LogP contribution in [0.1, 0.15) is 17.3 Å². The third-order valence-corrected chi connectivity index (χ3v) is 1.77. The van der Waals surface area contributed by atoms with Crippen LogP contribution in [0.5, 0.6) is 5.75 Å². The van der Waals surface area contributed by atoms with Crippen LogP contribution in [-0.2, 0) is 0 Å². The molecule has 0 saturated heterocycles. The molecule has 0 bridgehead atoms. The fourth-order valence-corrected chi connectivity index (χ4v) is 1.20. The summed E-state index contributed by atoms with van der Waals surface area (Å²) in [4.78, 5) is 21.2. The molecule has 0 aliphatic rings. The highest BCUT2D eigenvalue weighted by molar-refractivity contribution is 6.00. The number of benzene rings is 1. The number of nitro benzene ring substituents is 1. The Labute approximate surface area is 80.5 Å². The van der Waals surface area contributed by atoms with Crippen molar-refractivity contribution in [2.75, 3.05) is 7.11 Å². The molecule has 5 nitrogen and oxygen atoms in total. The standard InChI is InChI=1S/C9H9NO4/c1-6(11)9-7(10(12)13)4-3-5-8(9)14-2/h3-5H,1-2H3. The number of hydrogen-bond acceptors (Lipinski definition) is 4. The maximum atomic E-state index is 11.2. The van der Waals surface area contributed by atoms with Gasteiger partial charge in [-0.25, -0.2) is 0 Å². The maximum Gasteiger partial charge on any atom is 0.283 e. The monoisotopic (exact) mass is 195 g/mol. The first kappa shape index (κ1) is 10.2. The van der Waals surface area contributed by atoms with Gasteiger partial charge in [-0.05, 0) is 13.0 Å². The van der Waals surface area contributed by atoms with Gasteiger partial charge in [0.2, 0.25) is 0 Å². The summed E-state index contributed by atoms with van der Waals surface area (Å²) in [5, 5.41) is 10.6. The molecule has 1 aromatic carbocycles. The fraction of sp³-hybridized carbons (Fsp3) is 0.222. The summed E-state index contributed by atoms with van der Waals surface area (Å²) in [6.07, 6.45) is 0. The van der Waals surface area contributed by atoms with Gasteiger partial charge in [-0.15, -0.1) is 0 Å². The van der Waals surface area contributed by atoms with E-state index in [0.29, 0.717) is 0 Å². The zero-order valence-corrected chi connectivity index (χ0v) is 7.81. The van der Waals surface area contributed by atoms with E-state index in [1.165, 1.54) is 32.2 Å². The second-order valence-electron chi connectivity index (χ2n) is 2.67. The first-order valence-electron chi connectivity index (χ1n) is 3.90. The number of carbonyl (C=O) groups excluding carboxylic acids is 1. The quantitative estimate of drug-likeness (QED) is 0.419. The molecule has 0 unspecified atom stereocenters. The number of nitro groups is 1. The Morgan fingerprint density at radius 1 is 1.50 bits per heavy atom. The van der Waals surface area contributed by atoms with Crippen molar-refractivity contribution in [3.8, 4) is 5.75 Å². The van der Waals surface area contributed by atoms with Crippen molar-refractivity contribution in [3.63, 3.8) is 0 Å². The summed E-state index contributed by atoms with van der Waals surface area (Å²) in [6.45, 7) is 1.27. The lowest BCUT2D eigenvalue weighted by Crippen LogP contribution is -2.02. The van der Waals surface area contributed by atoms with Crippen LogP contribution >= 0.6 is 0 Å². The van der Waals surface area contributed by atoms with Gasteiger partial charge in [0.05, 0.1) is 12.0 Å². The van der Waals surface area contributed by atoms with Crippen molar-refractivity contribution in [1.82, 2.24) is 0 Å². The van der Waals surface area contributed by atoms with Crippen LogP contribution < -0.4 is 4.74 Å². The van der Waals surface area contributed by atoms with E-state index in [1.54, 1.807) is 0 Å². The van der Waals surface area contributed by atoms with Crippen molar-refractivity contribution in [2.45, 2.75) is 6.92 Å². The Hall–Kier alpha value is -1.91. The number of methoxy groups -OCH3 is 1. The van der Waals surface area contributed by atoms with E-state index in [0.717, 1.165) is 0 Å². The highest BCUT2D eigenvalue weighted by Gasteiger charge is 2.21. The van der Waals surface area contributed by atoms with Gasteiger partial charge in [0.15, 0.2) is 5.78 Å². The van der Waals surface area contributed by atoms with Gasteiger partial charge in [0.25, 0.3) is 5.69 Å². The number of rotatable bonds is 3. The molecule has 0 fully saturated rings. The molecule has 0 aliphatic heterocycles. The van der Waals surface area contributed by atoms with Gasteiger partial charge in [-0.3, -0.25) is 14.9 Å². The highest BCUT2D eigenvalue weighted by Crippen LogP contribution is 2.28. The summed E-state index contributed by atoms with van der Waals surface area (Å²) in [7, 11) is 1.37. The molecule has 1 rings (SSSR count). The first-order chi connectivity index (χ1) is 6.57. The number of Topliss-reactive ketones (excluding diaryl/α,β-unsaturated/α-hetero) is 1. The normalized spacial score (nSPS) is 9.57. The molecule has 0 heterocycles. The lowest BCUT2D eigenvalue weighted by Gasteiger charge is -2.05. The topological polar surface area (TPSA) is 69.4 Å². The molecule has 5 heteroatoms. The van der Waals surface area contributed by atoms with Crippen LogP contribution in [0, 0.1) is 10.1 Å². The SMILES string of the molecule is COc1cccc([N+](=O)[O-])c1C(C)=O. The molecule has 0 amide bonds. The smallest absolute Gasteiger partial charge is 0.283 e. The van der Waals surface area contributed by atoms with E-state index in [4.69, 9.17) is 4.74 Å². The average Bonchev–Trinajstić information content (AvgIpc) is 2.16. The Kier molecular flexibility index (Phi) is 2.81. The molecule has 1 aromatic rings. The van der Waals surface area contributed by atoms with E-state index in [1.807, 2.05) is 0 Å². The molecule has 0 spiro atoms. The molecular weight excluding hydrogens is 186 g/mol. The lowest BCUT2D eigenvalue weighted by molar-refractivity contribution is -0.385. The van der Waals surface area contributed by atoms with E-state index in [9.17, 15) is 14.9 Å². The fourth-order valence-electron chi connectivity index (χ4n) is 1.20. The molecule has 74 valence electrons. The van der Waals surface area contributed by atoms with E-state index in [-0.39, 0.29) is 22.8 Å². The van der Waals surface area contributed by atoms with Crippen molar-refractivity contribution < 1.29 is 14.5 Å².